The molecule has 2 heterocycles. The van der Waals surface area contributed by atoms with Gasteiger partial charge in [0.2, 0.25) is 11.6 Å². The molecule has 2 rings (SSSR count). The second-order valence-electron chi connectivity index (χ2n) is 9.05. The van der Waals surface area contributed by atoms with Crippen molar-refractivity contribution in [2.75, 3.05) is 13.2 Å². The van der Waals surface area contributed by atoms with E-state index in [2.05, 4.69) is 0 Å². The van der Waals surface area contributed by atoms with Crippen molar-refractivity contribution in [3.8, 4) is 0 Å². The van der Waals surface area contributed by atoms with Crippen molar-refractivity contribution < 1.29 is 80.3 Å². The SMILES string of the molecule is C[C@H]1C([C@H](O)[C@H](O)CO)O[C@@](O)(C(=O)[O-])C[C@H]1O.C[C@H]1C([C@H](O)[C@H](O)CO)O[C@](O)(C(=O)[O-])C[C@H]1O. The number of hydrogen-bond acceptors (Lipinski definition) is 16. The summed E-state index contributed by atoms with van der Waals surface area (Å²) >= 11 is 0. The molecule has 0 saturated carbocycles. The molecule has 2 fully saturated rings. The van der Waals surface area contributed by atoms with Crippen LogP contribution in [0.4, 0.5) is 0 Å². The molecule has 0 amide bonds. The fourth-order valence-electron chi connectivity index (χ4n) is 3.82. The second kappa shape index (κ2) is 12.8. The Kier molecular flexibility index (Phi) is 11.6. The summed E-state index contributed by atoms with van der Waals surface area (Å²) in [5, 5.41) is 115. The van der Waals surface area contributed by atoms with Crippen LogP contribution in [0.1, 0.15) is 26.7 Å². The normalized spacial score (nSPS) is 40.2. The molecule has 36 heavy (non-hydrogen) atoms. The van der Waals surface area contributed by atoms with Gasteiger partial charge in [0.1, 0.15) is 36.4 Å². The molecular formula is C20H34O16-2. The predicted octanol–water partition coefficient (Wildman–Crippen LogP) is -8.15. The number of ether oxygens (including phenoxy) is 2. The van der Waals surface area contributed by atoms with Gasteiger partial charge in [-0.15, -0.1) is 0 Å². The number of aliphatic carboxylic acids is 2. The van der Waals surface area contributed by atoms with Crippen molar-refractivity contribution in [1.82, 2.24) is 0 Å². The van der Waals surface area contributed by atoms with Crippen molar-refractivity contribution in [2.24, 2.45) is 11.8 Å². The summed E-state index contributed by atoms with van der Waals surface area (Å²) in [4.78, 5) is 21.5. The molecule has 2 unspecified atom stereocenters. The zero-order valence-electron chi connectivity index (χ0n) is 19.5. The van der Waals surface area contributed by atoms with Gasteiger partial charge in [-0.05, 0) is 0 Å². The topological polar surface area (TPSA) is 301 Å². The van der Waals surface area contributed by atoms with Gasteiger partial charge >= 0.3 is 0 Å². The Morgan fingerprint density at radius 1 is 0.778 bits per heavy atom. The van der Waals surface area contributed by atoms with E-state index in [-0.39, 0.29) is 0 Å². The van der Waals surface area contributed by atoms with E-state index in [4.69, 9.17) is 19.7 Å². The van der Waals surface area contributed by atoms with Crippen LogP contribution in [0.3, 0.4) is 0 Å². The molecule has 10 N–H and O–H groups in total. The van der Waals surface area contributed by atoms with E-state index in [1.54, 1.807) is 0 Å². The maximum absolute atomic E-state index is 10.7. The van der Waals surface area contributed by atoms with Crippen LogP contribution in [0.15, 0.2) is 0 Å². The third-order valence-electron chi connectivity index (χ3n) is 6.36. The first-order valence-corrected chi connectivity index (χ1v) is 11.0. The number of aliphatic hydroxyl groups excluding tert-OH is 8. The van der Waals surface area contributed by atoms with Crippen molar-refractivity contribution in [3.05, 3.63) is 0 Å². The molecule has 2 aliphatic heterocycles. The summed E-state index contributed by atoms with van der Waals surface area (Å²) in [5.41, 5.74) is 0. The van der Waals surface area contributed by atoms with E-state index in [1.807, 2.05) is 0 Å². The number of rotatable bonds is 8. The minimum Gasteiger partial charge on any atom is -0.544 e. The summed E-state index contributed by atoms with van der Waals surface area (Å²) in [6.45, 7) is 1.37. The zero-order valence-corrected chi connectivity index (χ0v) is 19.5. The van der Waals surface area contributed by atoms with Crippen LogP contribution >= 0.6 is 0 Å². The van der Waals surface area contributed by atoms with Crippen molar-refractivity contribution >= 4 is 11.9 Å². The third kappa shape index (κ3) is 7.27. The summed E-state index contributed by atoms with van der Waals surface area (Å²) in [7, 11) is 0. The largest absolute Gasteiger partial charge is 0.544 e. The van der Waals surface area contributed by atoms with E-state index in [9.17, 15) is 60.7 Å². The average molecular weight is 530 g/mol. The standard InChI is InChI=1S/2C10H18O8/c2*1-4-5(12)2-10(17,9(15)16)18-8(4)7(14)6(13)3-11/h2*4-8,11-14,17H,2-3H2,1H3,(H,15,16)/p-2/t4-,5-,6-,7-,8?,10+;4-,5-,6-,7-,8?,10-/m11/s1. The van der Waals surface area contributed by atoms with Gasteiger partial charge in [-0.25, -0.2) is 0 Å². The number of carboxylic acid groups (broad SMARTS) is 2. The Morgan fingerprint density at radius 2 is 1.06 bits per heavy atom. The lowest BCUT2D eigenvalue weighted by molar-refractivity contribution is -0.377. The number of carbonyl (C=O) groups excluding carboxylic acids is 2. The van der Waals surface area contributed by atoms with Crippen LogP contribution in [0, 0.1) is 11.8 Å². The molecule has 0 aromatic heterocycles. The van der Waals surface area contributed by atoms with Crippen LogP contribution in [-0.4, -0.2) is 137 Å². The molecule has 0 aliphatic carbocycles. The maximum atomic E-state index is 10.7. The van der Waals surface area contributed by atoms with Crippen molar-refractivity contribution in [2.45, 2.75) is 87.1 Å². The predicted molar refractivity (Wildman–Crippen MR) is 107 cm³/mol. The lowest BCUT2D eigenvalue weighted by atomic mass is 9.85. The highest BCUT2D eigenvalue weighted by Crippen LogP contribution is 2.34. The Balaban J connectivity index is 0.000000360. The van der Waals surface area contributed by atoms with E-state index in [0.29, 0.717) is 0 Å². The third-order valence-corrected chi connectivity index (χ3v) is 6.36. The molecular weight excluding hydrogens is 496 g/mol. The molecule has 16 nitrogen and oxygen atoms in total. The van der Waals surface area contributed by atoms with E-state index in [0.717, 1.165) is 0 Å². The zero-order chi connectivity index (χ0) is 28.2. The van der Waals surface area contributed by atoms with Crippen LogP contribution in [-0.2, 0) is 19.1 Å². The van der Waals surface area contributed by atoms with Crippen LogP contribution in [0.2, 0.25) is 0 Å². The molecule has 0 radical (unpaired) electrons. The number of aliphatic hydroxyl groups is 10. The molecule has 16 heteroatoms. The summed E-state index contributed by atoms with van der Waals surface area (Å²) < 4.78 is 9.63. The fourth-order valence-corrected chi connectivity index (χ4v) is 3.82. The number of carboxylic acids is 2. The summed E-state index contributed by atoms with van der Waals surface area (Å²) in [5.74, 6) is -10.8. The molecule has 2 saturated heterocycles. The molecule has 0 bridgehead atoms. The van der Waals surface area contributed by atoms with Gasteiger partial charge in [0, 0.05) is 24.7 Å². The second-order valence-corrected chi connectivity index (χ2v) is 9.05. The first-order chi connectivity index (χ1) is 16.5. The van der Waals surface area contributed by atoms with Crippen LogP contribution < -0.4 is 10.2 Å². The molecule has 12 atom stereocenters. The monoisotopic (exact) mass is 530 g/mol. The van der Waals surface area contributed by atoms with Crippen LogP contribution in [0.25, 0.3) is 0 Å². The van der Waals surface area contributed by atoms with E-state index >= 15 is 0 Å². The summed E-state index contributed by atoms with van der Waals surface area (Å²) in [6.07, 6.45) is -12.9. The lowest BCUT2D eigenvalue weighted by Crippen LogP contribution is -2.63. The molecule has 0 aromatic rings. The maximum Gasteiger partial charge on any atom is 0.209 e. The molecule has 212 valence electrons. The van der Waals surface area contributed by atoms with Crippen molar-refractivity contribution in [3.63, 3.8) is 0 Å². The van der Waals surface area contributed by atoms with E-state index in [1.165, 1.54) is 13.8 Å². The molecule has 0 spiro atoms. The quantitative estimate of drug-likeness (QED) is 0.139. The van der Waals surface area contributed by atoms with Gasteiger partial charge in [0.15, 0.2) is 0 Å². The number of carbonyl (C=O) groups is 2. The minimum absolute atomic E-state index is 0.602. The minimum atomic E-state index is -2.73. The van der Waals surface area contributed by atoms with Gasteiger partial charge in [-0.1, -0.05) is 13.8 Å². The smallest absolute Gasteiger partial charge is 0.209 e. The lowest BCUT2D eigenvalue weighted by Gasteiger charge is -2.45. The van der Waals surface area contributed by atoms with Crippen LogP contribution in [0.5, 0.6) is 0 Å². The first kappa shape index (κ1) is 32.5. The fraction of sp³-hybridized carbons (Fsp3) is 0.900. The first-order valence-electron chi connectivity index (χ1n) is 11.0. The molecule has 2 aliphatic rings. The Labute approximate surface area is 205 Å². The Morgan fingerprint density at radius 3 is 1.28 bits per heavy atom. The highest BCUT2D eigenvalue weighted by Gasteiger charge is 2.49. The highest BCUT2D eigenvalue weighted by molar-refractivity contribution is 5.73. The van der Waals surface area contributed by atoms with Gasteiger partial charge in [-0.3, -0.25) is 0 Å². The Bertz CT molecular complexity index is 677. The number of hydrogen-bond donors (Lipinski definition) is 10. The van der Waals surface area contributed by atoms with Gasteiger partial charge in [0.25, 0.3) is 0 Å². The highest BCUT2D eigenvalue weighted by atomic mass is 16.7. The summed E-state index contributed by atoms with van der Waals surface area (Å²) in [6, 6.07) is 0. The van der Waals surface area contributed by atoms with E-state index < -0.39 is 110 Å². The molecule has 0 aromatic carbocycles. The average Bonchev–Trinajstić information content (AvgIpc) is 2.81. The Hall–Kier alpha value is -1.54. The van der Waals surface area contributed by atoms with Gasteiger partial charge in [0.05, 0.1) is 37.6 Å². The van der Waals surface area contributed by atoms with Gasteiger partial charge < -0.3 is 80.3 Å². The van der Waals surface area contributed by atoms with Crippen molar-refractivity contribution in [1.29, 1.82) is 0 Å². The van der Waals surface area contributed by atoms with Gasteiger partial charge in [-0.2, -0.15) is 0 Å².